The average Bonchev–Trinajstić information content (AvgIpc) is 3.47. The molecule has 5 rings (SSSR count). The van der Waals surface area contributed by atoms with Gasteiger partial charge in [0.05, 0.1) is 18.4 Å². The predicted molar refractivity (Wildman–Crippen MR) is 112 cm³/mol. The summed E-state index contributed by atoms with van der Waals surface area (Å²) in [7, 11) is 1.33. The third-order valence-corrected chi connectivity index (χ3v) is 5.30. The molecule has 0 N–H and O–H groups in total. The van der Waals surface area contributed by atoms with Gasteiger partial charge in [0, 0.05) is 27.9 Å². The number of benzene rings is 1. The van der Waals surface area contributed by atoms with Crippen molar-refractivity contribution in [3.8, 4) is 17.3 Å². The molecule has 0 radical (unpaired) electrons. The van der Waals surface area contributed by atoms with Crippen LogP contribution in [-0.2, 0) is 11.3 Å². The molecule has 1 aromatic carbocycles. The number of carbonyl (C=O) groups excluding carboxylic acids is 1. The number of esters is 1. The van der Waals surface area contributed by atoms with E-state index >= 15 is 0 Å². The van der Waals surface area contributed by atoms with E-state index in [1.165, 1.54) is 13.3 Å². The lowest BCUT2D eigenvalue weighted by Gasteiger charge is -2.10. The Morgan fingerprint density at radius 3 is 2.70 bits per heavy atom. The minimum absolute atomic E-state index is 0.194. The topological polar surface area (TPSA) is 91.5 Å². The van der Waals surface area contributed by atoms with E-state index in [9.17, 15) is 4.79 Å². The lowest BCUT2D eigenvalue weighted by molar-refractivity contribution is 0.0600. The summed E-state index contributed by atoms with van der Waals surface area (Å²) < 4.78 is 12.4. The summed E-state index contributed by atoms with van der Waals surface area (Å²) in [6, 6.07) is 13.1. The molecule has 0 saturated heterocycles. The standard InChI is InChI=1S/C21H15N5O3S/c1-28-21(27)13-6-7-15(22-10-13)11-29-20-17-5-3-2-4-16(17)19-24-23-18(26(19)25-20)14-8-9-30-12-14/h2-10,12H,11H2,1H3. The van der Waals surface area contributed by atoms with Crippen molar-refractivity contribution in [2.24, 2.45) is 0 Å². The summed E-state index contributed by atoms with van der Waals surface area (Å²) in [6.07, 6.45) is 1.47. The molecular weight excluding hydrogens is 402 g/mol. The normalized spacial score (nSPS) is 11.1. The maximum Gasteiger partial charge on any atom is 0.339 e. The molecule has 0 bridgehead atoms. The first-order valence-corrected chi connectivity index (χ1v) is 10.0. The molecule has 4 heterocycles. The number of pyridine rings is 1. The van der Waals surface area contributed by atoms with Crippen LogP contribution in [0.3, 0.4) is 0 Å². The number of nitrogens with zero attached hydrogens (tertiary/aromatic N) is 5. The van der Waals surface area contributed by atoms with Crippen molar-refractivity contribution < 1.29 is 14.3 Å². The van der Waals surface area contributed by atoms with Crippen molar-refractivity contribution >= 4 is 33.7 Å². The Bertz CT molecular complexity index is 1350. The fourth-order valence-electron chi connectivity index (χ4n) is 3.12. The smallest absolute Gasteiger partial charge is 0.339 e. The molecule has 9 heteroatoms. The van der Waals surface area contributed by atoms with Crippen LogP contribution in [0.4, 0.5) is 0 Å². The molecule has 0 amide bonds. The minimum Gasteiger partial charge on any atom is -0.470 e. The predicted octanol–water partition coefficient (Wildman–Crippen LogP) is 3.77. The van der Waals surface area contributed by atoms with Crippen molar-refractivity contribution in [1.82, 2.24) is 24.8 Å². The summed E-state index contributed by atoms with van der Waals surface area (Å²) in [5.74, 6) is 0.678. The number of fused-ring (bicyclic) bond motifs is 3. The van der Waals surface area contributed by atoms with Gasteiger partial charge in [0.2, 0.25) is 5.88 Å². The maximum atomic E-state index is 11.6. The van der Waals surface area contributed by atoms with E-state index in [1.54, 1.807) is 28.0 Å². The molecule has 0 saturated carbocycles. The van der Waals surface area contributed by atoms with Crippen molar-refractivity contribution in [3.05, 3.63) is 70.7 Å². The number of methoxy groups -OCH3 is 1. The highest BCUT2D eigenvalue weighted by atomic mass is 32.1. The first-order valence-electron chi connectivity index (χ1n) is 9.07. The van der Waals surface area contributed by atoms with Gasteiger partial charge < -0.3 is 9.47 Å². The van der Waals surface area contributed by atoms with Crippen molar-refractivity contribution in [2.75, 3.05) is 7.11 Å². The van der Waals surface area contributed by atoms with E-state index in [1.807, 2.05) is 41.1 Å². The Morgan fingerprint density at radius 1 is 1.10 bits per heavy atom. The van der Waals surface area contributed by atoms with Gasteiger partial charge in [0.15, 0.2) is 11.5 Å². The van der Waals surface area contributed by atoms with E-state index in [0.717, 1.165) is 16.3 Å². The zero-order valence-electron chi connectivity index (χ0n) is 15.8. The Labute approximate surface area is 174 Å². The Balaban J connectivity index is 1.53. The first kappa shape index (κ1) is 18.2. The number of aromatic nitrogens is 5. The molecule has 0 aliphatic heterocycles. The fraction of sp³-hybridized carbons (Fsp3) is 0.0952. The minimum atomic E-state index is -0.429. The molecule has 0 atom stereocenters. The third kappa shape index (κ3) is 3.15. The van der Waals surface area contributed by atoms with Crippen LogP contribution in [0.25, 0.3) is 27.8 Å². The molecule has 0 aliphatic rings. The second-order valence-corrected chi connectivity index (χ2v) is 7.22. The van der Waals surface area contributed by atoms with E-state index in [-0.39, 0.29) is 6.61 Å². The fourth-order valence-corrected chi connectivity index (χ4v) is 3.76. The number of hydrogen-bond acceptors (Lipinski definition) is 8. The number of ether oxygens (including phenoxy) is 2. The van der Waals surface area contributed by atoms with Crippen molar-refractivity contribution in [2.45, 2.75) is 6.61 Å². The Kier molecular flexibility index (Phi) is 4.56. The van der Waals surface area contributed by atoms with Gasteiger partial charge in [-0.3, -0.25) is 4.98 Å². The molecule has 4 aromatic heterocycles. The van der Waals surface area contributed by atoms with Crippen LogP contribution in [0.1, 0.15) is 16.1 Å². The molecule has 30 heavy (non-hydrogen) atoms. The molecule has 0 spiro atoms. The van der Waals surface area contributed by atoms with Crippen molar-refractivity contribution in [3.63, 3.8) is 0 Å². The van der Waals surface area contributed by atoms with E-state index in [0.29, 0.717) is 28.6 Å². The second kappa shape index (κ2) is 7.53. The van der Waals surface area contributed by atoms with Crippen molar-refractivity contribution in [1.29, 1.82) is 0 Å². The van der Waals surface area contributed by atoms with Crippen LogP contribution in [-0.4, -0.2) is 37.9 Å². The zero-order valence-corrected chi connectivity index (χ0v) is 16.7. The largest absolute Gasteiger partial charge is 0.470 e. The van der Waals surface area contributed by atoms with Crippen LogP contribution in [0.2, 0.25) is 0 Å². The number of hydrogen-bond donors (Lipinski definition) is 0. The zero-order chi connectivity index (χ0) is 20.5. The Morgan fingerprint density at radius 2 is 1.97 bits per heavy atom. The van der Waals surface area contributed by atoms with Gasteiger partial charge in [-0.1, -0.05) is 18.2 Å². The average molecular weight is 417 g/mol. The number of carbonyl (C=O) groups is 1. The highest BCUT2D eigenvalue weighted by Gasteiger charge is 2.16. The van der Waals surface area contributed by atoms with Gasteiger partial charge in [-0.25, -0.2) is 4.79 Å². The summed E-state index contributed by atoms with van der Waals surface area (Å²) >= 11 is 1.59. The van der Waals surface area contributed by atoms with E-state index in [4.69, 9.17) is 9.47 Å². The monoisotopic (exact) mass is 417 g/mol. The van der Waals surface area contributed by atoms with Gasteiger partial charge in [-0.05, 0) is 29.6 Å². The van der Waals surface area contributed by atoms with Gasteiger partial charge in [-0.15, -0.1) is 15.3 Å². The molecular formula is C21H15N5O3S. The van der Waals surface area contributed by atoms with E-state index < -0.39 is 5.97 Å². The van der Waals surface area contributed by atoms with Gasteiger partial charge in [0.1, 0.15) is 6.61 Å². The summed E-state index contributed by atoms with van der Waals surface area (Å²) in [4.78, 5) is 15.8. The van der Waals surface area contributed by atoms with Crippen LogP contribution in [0.15, 0.2) is 59.4 Å². The summed E-state index contributed by atoms with van der Waals surface area (Å²) in [5.41, 5.74) is 2.66. The molecule has 148 valence electrons. The first-order chi connectivity index (χ1) is 14.7. The van der Waals surface area contributed by atoms with E-state index in [2.05, 4.69) is 20.3 Å². The molecule has 0 fully saturated rings. The lowest BCUT2D eigenvalue weighted by Crippen LogP contribution is -2.06. The van der Waals surface area contributed by atoms with Crippen LogP contribution >= 0.6 is 11.3 Å². The highest BCUT2D eigenvalue weighted by molar-refractivity contribution is 7.08. The number of rotatable bonds is 5. The Hall–Kier alpha value is -3.85. The number of thiophene rings is 1. The molecule has 8 nitrogen and oxygen atoms in total. The SMILES string of the molecule is COC(=O)c1ccc(COc2nn3c(-c4ccsc4)nnc3c3ccccc23)nc1. The summed E-state index contributed by atoms with van der Waals surface area (Å²) in [5, 5.41) is 19.0. The molecule has 5 aromatic rings. The summed E-state index contributed by atoms with van der Waals surface area (Å²) in [6.45, 7) is 0.194. The van der Waals surface area contributed by atoms with Gasteiger partial charge >= 0.3 is 5.97 Å². The molecule has 0 unspecified atom stereocenters. The van der Waals surface area contributed by atoms with Gasteiger partial charge in [-0.2, -0.15) is 15.9 Å². The highest BCUT2D eigenvalue weighted by Crippen LogP contribution is 2.29. The quantitative estimate of drug-likeness (QED) is 0.402. The lowest BCUT2D eigenvalue weighted by atomic mass is 10.2. The van der Waals surface area contributed by atoms with Crippen LogP contribution in [0, 0.1) is 0 Å². The molecule has 0 aliphatic carbocycles. The van der Waals surface area contributed by atoms with Gasteiger partial charge in [0.25, 0.3) is 0 Å². The van der Waals surface area contributed by atoms with Crippen LogP contribution < -0.4 is 4.74 Å². The third-order valence-electron chi connectivity index (χ3n) is 4.61. The van der Waals surface area contributed by atoms with Crippen LogP contribution in [0.5, 0.6) is 5.88 Å². The second-order valence-electron chi connectivity index (χ2n) is 6.44. The maximum absolute atomic E-state index is 11.6.